The summed E-state index contributed by atoms with van der Waals surface area (Å²) < 4.78 is 25.0. The van der Waals surface area contributed by atoms with E-state index >= 15 is 0 Å². The third-order valence-corrected chi connectivity index (χ3v) is 7.76. The summed E-state index contributed by atoms with van der Waals surface area (Å²) in [6, 6.07) is 8.45. The summed E-state index contributed by atoms with van der Waals surface area (Å²) in [6.07, 6.45) is 1.72. The summed E-state index contributed by atoms with van der Waals surface area (Å²) in [5.41, 5.74) is 1.34. The van der Waals surface area contributed by atoms with Gasteiger partial charge in [0.15, 0.2) is 4.80 Å². The lowest BCUT2D eigenvalue weighted by Crippen LogP contribution is -2.39. The van der Waals surface area contributed by atoms with Crippen molar-refractivity contribution in [2.75, 3.05) is 44.9 Å². The average Bonchev–Trinajstić information content (AvgIpc) is 3.42. The number of thiazole rings is 1. The van der Waals surface area contributed by atoms with Crippen LogP contribution in [-0.4, -0.2) is 50.6 Å². The summed E-state index contributed by atoms with van der Waals surface area (Å²) >= 11 is 4.83. The van der Waals surface area contributed by atoms with Crippen LogP contribution in [0.5, 0.6) is 5.75 Å². The zero-order valence-electron chi connectivity index (χ0n) is 20.7. The first-order chi connectivity index (χ1) is 17.9. The molecule has 0 aliphatic carbocycles. The molecule has 9 nitrogen and oxygen atoms in total. The number of morpholine rings is 1. The minimum atomic E-state index is -0.685. The van der Waals surface area contributed by atoms with Gasteiger partial charge in [0.25, 0.3) is 5.56 Å². The standard InChI is InChI=1S/C26H26BrN3O6S/c1-4-35-25(32)21-15(2)28-26-30(22(21)16-5-7-17(33-3)8-6-16)23(31)20(37-26)14-18-13-19(27)24(36-18)29-9-11-34-12-10-29/h5-8,13-14,22H,4,9-12H2,1-3H3/b20-14+. The van der Waals surface area contributed by atoms with Gasteiger partial charge in [-0.25, -0.2) is 9.79 Å². The molecule has 5 rings (SSSR count). The van der Waals surface area contributed by atoms with E-state index in [1.165, 1.54) is 11.3 Å². The second-order valence-electron chi connectivity index (χ2n) is 8.48. The Morgan fingerprint density at radius 3 is 2.68 bits per heavy atom. The largest absolute Gasteiger partial charge is 0.497 e. The number of carbonyl (C=O) groups excluding carboxylic acids is 1. The van der Waals surface area contributed by atoms with Crippen molar-refractivity contribution in [2.24, 2.45) is 4.99 Å². The van der Waals surface area contributed by atoms with Crippen LogP contribution in [-0.2, 0) is 14.3 Å². The molecule has 2 aliphatic rings. The molecule has 4 heterocycles. The monoisotopic (exact) mass is 587 g/mol. The van der Waals surface area contributed by atoms with Gasteiger partial charge in [-0.15, -0.1) is 0 Å². The number of hydrogen-bond donors (Lipinski definition) is 0. The minimum absolute atomic E-state index is 0.216. The first-order valence-electron chi connectivity index (χ1n) is 11.9. The van der Waals surface area contributed by atoms with Crippen LogP contribution in [0.4, 0.5) is 5.88 Å². The fraction of sp³-hybridized carbons (Fsp3) is 0.346. The molecule has 0 saturated carbocycles. The summed E-state index contributed by atoms with van der Waals surface area (Å²) in [5.74, 6) is 1.43. The van der Waals surface area contributed by atoms with Crippen molar-refractivity contribution in [1.29, 1.82) is 0 Å². The maximum absolute atomic E-state index is 13.8. The highest BCUT2D eigenvalue weighted by atomic mass is 79.9. The molecule has 1 aromatic carbocycles. The van der Waals surface area contributed by atoms with Crippen LogP contribution in [0.15, 0.2) is 60.3 Å². The average molecular weight is 588 g/mol. The SMILES string of the molecule is CCOC(=O)C1=C(C)N=c2s/c(=C/c3cc(Br)c(N4CCOCC4)o3)c(=O)n2C1c1ccc(OC)cc1. The zero-order chi connectivity index (χ0) is 26.1. The van der Waals surface area contributed by atoms with Gasteiger partial charge in [0.2, 0.25) is 5.88 Å². The van der Waals surface area contributed by atoms with Crippen LogP contribution >= 0.6 is 27.3 Å². The molecular weight excluding hydrogens is 562 g/mol. The van der Waals surface area contributed by atoms with E-state index in [9.17, 15) is 9.59 Å². The van der Waals surface area contributed by atoms with Crippen molar-refractivity contribution < 1.29 is 23.4 Å². The Morgan fingerprint density at radius 2 is 2.00 bits per heavy atom. The number of ether oxygens (including phenoxy) is 3. The van der Waals surface area contributed by atoms with Gasteiger partial charge in [0.1, 0.15) is 11.5 Å². The van der Waals surface area contributed by atoms with Gasteiger partial charge in [-0.1, -0.05) is 23.5 Å². The number of furan rings is 1. The third-order valence-electron chi connectivity index (χ3n) is 6.21. The van der Waals surface area contributed by atoms with Crippen LogP contribution in [0.2, 0.25) is 0 Å². The number of anilines is 1. The molecule has 1 unspecified atom stereocenters. The second-order valence-corrected chi connectivity index (χ2v) is 10.3. The van der Waals surface area contributed by atoms with E-state index in [4.69, 9.17) is 18.6 Å². The molecule has 37 heavy (non-hydrogen) atoms. The Bertz CT molecular complexity index is 1530. The molecule has 1 fully saturated rings. The number of allylic oxidation sites excluding steroid dienone is 1. The summed E-state index contributed by atoms with van der Waals surface area (Å²) in [4.78, 5) is 34.0. The quantitative estimate of drug-likeness (QED) is 0.409. The molecule has 2 aromatic heterocycles. The van der Waals surface area contributed by atoms with E-state index in [0.717, 1.165) is 23.1 Å². The van der Waals surface area contributed by atoms with Crippen molar-refractivity contribution in [3.63, 3.8) is 0 Å². The molecular formula is C26H26BrN3O6S. The topological polar surface area (TPSA) is 95.5 Å². The van der Waals surface area contributed by atoms with Gasteiger partial charge in [0.05, 0.1) is 53.2 Å². The number of halogens is 1. The summed E-state index contributed by atoms with van der Waals surface area (Å²) in [5, 5.41) is 0. The lowest BCUT2D eigenvalue weighted by atomic mass is 9.96. The van der Waals surface area contributed by atoms with Crippen molar-refractivity contribution in [3.8, 4) is 5.75 Å². The van der Waals surface area contributed by atoms with Gasteiger partial charge in [-0.3, -0.25) is 9.36 Å². The van der Waals surface area contributed by atoms with E-state index in [0.29, 0.717) is 51.2 Å². The van der Waals surface area contributed by atoms with E-state index < -0.39 is 12.0 Å². The molecule has 1 saturated heterocycles. The molecule has 0 bridgehead atoms. The Labute approximate surface area is 225 Å². The summed E-state index contributed by atoms with van der Waals surface area (Å²) in [6.45, 7) is 6.45. The molecule has 0 spiro atoms. The first kappa shape index (κ1) is 25.5. The molecule has 3 aromatic rings. The molecule has 11 heteroatoms. The van der Waals surface area contributed by atoms with Crippen LogP contribution < -0.4 is 24.5 Å². The van der Waals surface area contributed by atoms with Crippen LogP contribution in [0, 0.1) is 0 Å². The fourth-order valence-corrected chi connectivity index (χ4v) is 6.04. The molecule has 0 radical (unpaired) electrons. The van der Waals surface area contributed by atoms with Gasteiger partial charge in [-0.05, 0) is 47.5 Å². The van der Waals surface area contributed by atoms with Crippen molar-refractivity contribution in [2.45, 2.75) is 19.9 Å². The molecule has 0 N–H and O–H groups in total. The normalized spacial score (nSPS) is 18.0. The van der Waals surface area contributed by atoms with E-state index in [-0.39, 0.29) is 12.2 Å². The van der Waals surface area contributed by atoms with Gasteiger partial charge < -0.3 is 23.5 Å². The summed E-state index contributed by atoms with van der Waals surface area (Å²) in [7, 11) is 1.59. The van der Waals surface area contributed by atoms with Crippen molar-refractivity contribution >= 4 is 45.2 Å². The first-order valence-corrected chi connectivity index (χ1v) is 13.5. The molecule has 194 valence electrons. The number of esters is 1. The van der Waals surface area contributed by atoms with Crippen molar-refractivity contribution in [3.05, 3.63) is 77.1 Å². The van der Waals surface area contributed by atoms with Crippen molar-refractivity contribution in [1.82, 2.24) is 4.57 Å². The number of fused-ring (bicyclic) bond motifs is 1. The smallest absolute Gasteiger partial charge is 0.338 e. The molecule has 2 aliphatic heterocycles. The number of carbonyl (C=O) groups is 1. The maximum atomic E-state index is 13.8. The van der Waals surface area contributed by atoms with Crippen LogP contribution in [0.1, 0.15) is 31.2 Å². The van der Waals surface area contributed by atoms with E-state index in [1.54, 1.807) is 43.7 Å². The van der Waals surface area contributed by atoms with Crippen LogP contribution in [0.25, 0.3) is 6.08 Å². The Hall–Kier alpha value is -3.15. The Morgan fingerprint density at radius 1 is 1.27 bits per heavy atom. The van der Waals surface area contributed by atoms with Gasteiger partial charge in [0, 0.05) is 25.2 Å². The molecule has 0 amide bonds. The number of methoxy groups -OCH3 is 1. The number of hydrogen-bond acceptors (Lipinski definition) is 9. The number of nitrogens with zero attached hydrogens (tertiary/aromatic N) is 3. The molecule has 1 atom stereocenters. The maximum Gasteiger partial charge on any atom is 0.338 e. The Kier molecular flexibility index (Phi) is 7.36. The highest BCUT2D eigenvalue weighted by Crippen LogP contribution is 2.33. The van der Waals surface area contributed by atoms with Gasteiger partial charge >= 0.3 is 5.97 Å². The van der Waals surface area contributed by atoms with Crippen LogP contribution in [0.3, 0.4) is 0 Å². The zero-order valence-corrected chi connectivity index (χ0v) is 23.1. The van der Waals surface area contributed by atoms with Gasteiger partial charge in [-0.2, -0.15) is 0 Å². The highest BCUT2D eigenvalue weighted by molar-refractivity contribution is 9.10. The predicted octanol–water partition coefficient (Wildman–Crippen LogP) is 3.00. The Balaban J connectivity index is 1.62. The second kappa shape index (κ2) is 10.7. The van der Waals surface area contributed by atoms with E-state index in [2.05, 4.69) is 25.8 Å². The number of rotatable bonds is 6. The van der Waals surface area contributed by atoms with E-state index in [1.807, 2.05) is 18.2 Å². The number of benzene rings is 1. The minimum Gasteiger partial charge on any atom is -0.497 e. The number of aromatic nitrogens is 1. The highest BCUT2D eigenvalue weighted by Gasteiger charge is 2.33. The third kappa shape index (κ3) is 4.90. The lowest BCUT2D eigenvalue weighted by Gasteiger charge is -2.26. The fourth-order valence-electron chi connectivity index (χ4n) is 4.45. The lowest BCUT2D eigenvalue weighted by molar-refractivity contribution is -0.139. The predicted molar refractivity (Wildman–Crippen MR) is 143 cm³/mol.